The Kier molecular flexibility index (Phi) is 5.89. The highest BCUT2D eigenvalue weighted by Crippen LogP contribution is 2.43. The number of ether oxygens (including phenoxy) is 1. The molecule has 0 bridgehead atoms. The van der Waals surface area contributed by atoms with Crippen LogP contribution < -0.4 is 0 Å². The van der Waals surface area contributed by atoms with Crippen LogP contribution in [-0.4, -0.2) is 18.1 Å². The largest absolute Gasteiger partial charge is 0.466 e. The lowest BCUT2D eigenvalue weighted by Gasteiger charge is -2.14. The second kappa shape index (κ2) is 6.99. The van der Waals surface area contributed by atoms with Crippen molar-refractivity contribution in [3.8, 4) is 6.07 Å². The van der Waals surface area contributed by atoms with Crippen LogP contribution in [0.2, 0.25) is 0 Å². The van der Waals surface area contributed by atoms with Gasteiger partial charge in [0.05, 0.1) is 24.7 Å². The van der Waals surface area contributed by atoms with Gasteiger partial charge < -0.3 is 4.74 Å². The predicted octanol–water partition coefficient (Wildman–Crippen LogP) is 4.04. The Balaban J connectivity index is 3.26. The predicted molar refractivity (Wildman–Crippen MR) is 71.1 cm³/mol. The number of nitrogens with zero attached hydrogens (tertiary/aromatic N) is 1. The van der Waals surface area contributed by atoms with Gasteiger partial charge >= 0.3 is 11.5 Å². The first kappa shape index (κ1) is 16.9. The molecule has 108 valence electrons. The molecule has 0 amide bonds. The zero-order valence-electron chi connectivity index (χ0n) is 10.3. The molecule has 8 heteroatoms. The first-order valence-corrected chi connectivity index (χ1v) is 7.02. The van der Waals surface area contributed by atoms with Crippen molar-refractivity contribution in [2.75, 3.05) is 6.61 Å². The molecule has 0 atom stereocenters. The second-order valence-electron chi connectivity index (χ2n) is 3.54. The lowest BCUT2D eigenvalue weighted by Crippen LogP contribution is -2.11. The van der Waals surface area contributed by atoms with E-state index in [0.717, 1.165) is 0 Å². The van der Waals surface area contributed by atoms with Crippen molar-refractivity contribution < 1.29 is 22.7 Å². The topological polar surface area (TPSA) is 50.1 Å². The van der Waals surface area contributed by atoms with Gasteiger partial charge in [0.25, 0.3) is 0 Å². The molecule has 0 heterocycles. The van der Waals surface area contributed by atoms with Gasteiger partial charge in [-0.1, -0.05) is 0 Å². The quantitative estimate of drug-likeness (QED) is 0.595. The zero-order chi connectivity index (χ0) is 15.3. The molecule has 1 rings (SSSR count). The standard InChI is InChI=1S/C12H9BrF3NO2S/c1-2-19-10(18)5-8-7(6-17)3-4-9(13)11(8)20-12(14,15)16/h3-4H,2,5H2,1H3. The van der Waals surface area contributed by atoms with E-state index in [2.05, 4.69) is 15.9 Å². The molecule has 0 fully saturated rings. The summed E-state index contributed by atoms with van der Waals surface area (Å²) in [6.07, 6.45) is -0.380. The number of carbonyl (C=O) groups is 1. The summed E-state index contributed by atoms with van der Waals surface area (Å²) in [5.41, 5.74) is -4.48. The molecule has 0 spiro atoms. The van der Waals surface area contributed by atoms with Crippen LogP contribution in [0.1, 0.15) is 18.1 Å². The number of alkyl halides is 3. The van der Waals surface area contributed by atoms with E-state index in [0.29, 0.717) is 0 Å². The third-order valence-corrected chi connectivity index (χ3v) is 4.00. The number of nitriles is 1. The summed E-state index contributed by atoms with van der Waals surface area (Å²) >= 11 is 2.65. The highest BCUT2D eigenvalue weighted by Gasteiger charge is 2.32. The molecule has 3 nitrogen and oxygen atoms in total. The average Bonchev–Trinajstić information content (AvgIpc) is 2.33. The highest BCUT2D eigenvalue weighted by atomic mass is 79.9. The van der Waals surface area contributed by atoms with Crippen molar-refractivity contribution >= 4 is 33.7 Å². The van der Waals surface area contributed by atoms with Gasteiger partial charge in [-0.2, -0.15) is 18.4 Å². The molecule has 1 aromatic carbocycles. The summed E-state index contributed by atoms with van der Waals surface area (Å²) in [7, 11) is 0. The number of carbonyl (C=O) groups excluding carboxylic acids is 1. The van der Waals surface area contributed by atoms with E-state index in [9.17, 15) is 18.0 Å². The van der Waals surface area contributed by atoms with Gasteiger partial charge in [0.2, 0.25) is 0 Å². The van der Waals surface area contributed by atoms with E-state index in [-0.39, 0.29) is 45.3 Å². The summed E-state index contributed by atoms with van der Waals surface area (Å²) in [5.74, 6) is -0.675. The van der Waals surface area contributed by atoms with Crippen LogP contribution in [0, 0.1) is 11.3 Å². The van der Waals surface area contributed by atoms with Crippen LogP contribution in [0.4, 0.5) is 13.2 Å². The van der Waals surface area contributed by atoms with E-state index in [4.69, 9.17) is 10.00 Å². The molecule has 0 aliphatic rings. The molecule has 20 heavy (non-hydrogen) atoms. The Morgan fingerprint density at radius 1 is 1.50 bits per heavy atom. The lowest BCUT2D eigenvalue weighted by atomic mass is 10.1. The minimum Gasteiger partial charge on any atom is -0.466 e. The van der Waals surface area contributed by atoms with Crippen molar-refractivity contribution in [1.82, 2.24) is 0 Å². The summed E-state index contributed by atoms with van der Waals surface area (Å²) in [5, 5.41) is 8.97. The maximum absolute atomic E-state index is 12.6. The smallest absolute Gasteiger partial charge is 0.446 e. The summed E-state index contributed by atoms with van der Waals surface area (Å²) in [6, 6.07) is 4.50. The van der Waals surface area contributed by atoms with Gasteiger partial charge in [0.1, 0.15) is 0 Å². The maximum atomic E-state index is 12.6. The lowest BCUT2D eigenvalue weighted by molar-refractivity contribution is -0.142. The van der Waals surface area contributed by atoms with E-state index in [1.54, 1.807) is 13.0 Å². The minimum atomic E-state index is -4.51. The van der Waals surface area contributed by atoms with Gasteiger partial charge in [-0.25, -0.2) is 0 Å². The molecule has 1 aromatic rings. The van der Waals surface area contributed by atoms with Crippen LogP contribution in [0.25, 0.3) is 0 Å². The highest BCUT2D eigenvalue weighted by molar-refractivity contribution is 9.10. The Bertz CT molecular complexity index is 555. The van der Waals surface area contributed by atoms with Crippen LogP contribution in [0.15, 0.2) is 21.5 Å². The molecule has 0 saturated carbocycles. The van der Waals surface area contributed by atoms with Crippen molar-refractivity contribution in [1.29, 1.82) is 5.26 Å². The molecular weight excluding hydrogens is 359 g/mol. The van der Waals surface area contributed by atoms with Crippen molar-refractivity contribution in [2.24, 2.45) is 0 Å². The van der Waals surface area contributed by atoms with Gasteiger partial charge in [-0.05, 0) is 52.3 Å². The summed E-state index contributed by atoms with van der Waals surface area (Å²) in [4.78, 5) is 11.3. The normalized spacial score (nSPS) is 11.0. The summed E-state index contributed by atoms with van der Waals surface area (Å²) in [6.45, 7) is 1.71. The molecular formula is C12H9BrF3NO2S. The van der Waals surface area contributed by atoms with Crippen molar-refractivity contribution in [3.63, 3.8) is 0 Å². The summed E-state index contributed by atoms with van der Waals surface area (Å²) < 4.78 is 42.6. The van der Waals surface area contributed by atoms with Crippen molar-refractivity contribution in [3.05, 3.63) is 27.7 Å². The number of hydrogen-bond donors (Lipinski definition) is 0. The third-order valence-electron chi connectivity index (χ3n) is 2.18. The number of hydrogen-bond acceptors (Lipinski definition) is 4. The fourth-order valence-electron chi connectivity index (χ4n) is 1.46. The van der Waals surface area contributed by atoms with Crippen molar-refractivity contribution in [2.45, 2.75) is 23.7 Å². The molecule has 0 saturated heterocycles. The van der Waals surface area contributed by atoms with Gasteiger partial charge in [0.15, 0.2) is 0 Å². The van der Waals surface area contributed by atoms with Crippen LogP contribution in [-0.2, 0) is 16.0 Å². The number of thioether (sulfide) groups is 1. The van der Waals surface area contributed by atoms with E-state index in [1.807, 2.05) is 0 Å². The monoisotopic (exact) mass is 367 g/mol. The minimum absolute atomic E-state index is 0.0163. The van der Waals surface area contributed by atoms with E-state index in [1.165, 1.54) is 12.1 Å². The first-order chi connectivity index (χ1) is 9.28. The number of rotatable bonds is 4. The molecule has 0 aliphatic carbocycles. The first-order valence-electron chi connectivity index (χ1n) is 5.41. The molecule has 0 radical (unpaired) electrons. The Hall–Kier alpha value is -1.20. The fraction of sp³-hybridized carbons (Fsp3) is 0.333. The van der Waals surface area contributed by atoms with E-state index >= 15 is 0 Å². The molecule has 0 aromatic heterocycles. The molecule has 0 N–H and O–H groups in total. The fourth-order valence-corrected chi connectivity index (χ4v) is 2.78. The number of benzene rings is 1. The molecule has 0 unspecified atom stereocenters. The number of halogens is 4. The SMILES string of the molecule is CCOC(=O)Cc1c(C#N)ccc(Br)c1SC(F)(F)F. The van der Waals surface area contributed by atoms with Gasteiger partial charge in [-0.15, -0.1) is 0 Å². The van der Waals surface area contributed by atoms with Crippen LogP contribution in [0.5, 0.6) is 0 Å². The Morgan fingerprint density at radius 2 is 2.15 bits per heavy atom. The Labute approximate surface area is 126 Å². The van der Waals surface area contributed by atoms with Crippen LogP contribution >= 0.6 is 27.7 Å². The molecule has 0 aliphatic heterocycles. The Morgan fingerprint density at radius 3 is 2.65 bits per heavy atom. The average molecular weight is 368 g/mol. The zero-order valence-corrected chi connectivity index (χ0v) is 12.7. The number of esters is 1. The van der Waals surface area contributed by atoms with Crippen LogP contribution in [0.3, 0.4) is 0 Å². The van der Waals surface area contributed by atoms with Gasteiger partial charge in [0, 0.05) is 9.37 Å². The second-order valence-corrected chi connectivity index (χ2v) is 5.47. The maximum Gasteiger partial charge on any atom is 0.446 e. The third kappa shape index (κ3) is 4.72. The van der Waals surface area contributed by atoms with Gasteiger partial charge in [-0.3, -0.25) is 4.79 Å². The van der Waals surface area contributed by atoms with E-state index < -0.39 is 11.5 Å².